The molecule has 1 fully saturated rings. The van der Waals surface area contributed by atoms with Crippen LogP contribution in [0.5, 0.6) is 11.5 Å². The average molecular weight is 496 g/mol. The van der Waals surface area contributed by atoms with Gasteiger partial charge in [-0.25, -0.2) is 0 Å². The number of ether oxygens (including phenoxy) is 2. The van der Waals surface area contributed by atoms with E-state index in [9.17, 15) is 4.79 Å². The van der Waals surface area contributed by atoms with Crippen LogP contribution in [-0.2, 0) is 17.9 Å². The second-order valence-corrected chi connectivity index (χ2v) is 9.26. The van der Waals surface area contributed by atoms with E-state index in [0.29, 0.717) is 36.9 Å². The molecule has 1 amide bonds. The Labute approximate surface area is 211 Å². The summed E-state index contributed by atoms with van der Waals surface area (Å²) >= 11 is 1.40. The molecule has 2 heterocycles. The van der Waals surface area contributed by atoms with Crippen LogP contribution in [0.2, 0.25) is 0 Å². The van der Waals surface area contributed by atoms with E-state index in [2.05, 4.69) is 37.1 Å². The van der Waals surface area contributed by atoms with Crippen LogP contribution in [0.1, 0.15) is 38.1 Å². The molecule has 186 valence electrons. The number of benzene rings is 2. The van der Waals surface area contributed by atoms with Gasteiger partial charge in [0.05, 0.1) is 32.1 Å². The van der Waals surface area contributed by atoms with Gasteiger partial charge in [0.25, 0.3) is 0 Å². The van der Waals surface area contributed by atoms with E-state index in [4.69, 9.17) is 9.47 Å². The van der Waals surface area contributed by atoms with Gasteiger partial charge in [-0.2, -0.15) is 0 Å². The maximum Gasteiger partial charge on any atom is 0.234 e. The normalized spacial score (nSPS) is 13.7. The molecule has 0 radical (unpaired) electrons. The molecule has 1 aliphatic rings. The zero-order chi connectivity index (χ0) is 24.5. The summed E-state index contributed by atoms with van der Waals surface area (Å²) in [7, 11) is 0. The molecule has 1 aromatic heterocycles. The molecule has 9 heteroatoms. The lowest BCUT2D eigenvalue weighted by Gasteiger charge is -2.16. The number of hydrogen-bond donors (Lipinski definition) is 1. The number of carbonyl (C=O) groups excluding carboxylic acids is 1. The Balaban J connectivity index is 1.43. The van der Waals surface area contributed by atoms with Gasteiger partial charge in [0.1, 0.15) is 5.82 Å². The Hall–Kier alpha value is -3.04. The van der Waals surface area contributed by atoms with Gasteiger partial charge in [0, 0.05) is 11.8 Å². The third kappa shape index (κ3) is 6.99. The highest BCUT2D eigenvalue weighted by Crippen LogP contribution is 2.31. The predicted molar refractivity (Wildman–Crippen MR) is 138 cm³/mol. The Bertz CT molecular complexity index is 1100. The summed E-state index contributed by atoms with van der Waals surface area (Å²) in [6.45, 7) is 8.55. The highest BCUT2D eigenvalue weighted by Gasteiger charge is 2.19. The van der Waals surface area contributed by atoms with Gasteiger partial charge < -0.3 is 19.4 Å². The number of nitrogens with zero attached hydrogens (tertiary/aromatic N) is 4. The van der Waals surface area contributed by atoms with Crippen LogP contribution in [0.25, 0.3) is 0 Å². The number of likely N-dealkylation sites (tertiary alicyclic amines) is 1. The molecule has 1 saturated heterocycles. The van der Waals surface area contributed by atoms with Crippen molar-refractivity contribution >= 4 is 23.4 Å². The van der Waals surface area contributed by atoms with Crippen molar-refractivity contribution in [1.82, 2.24) is 19.7 Å². The van der Waals surface area contributed by atoms with Gasteiger partial charge in [0.2, 0.25) is 5.91 Å². The van der Waals surface area contributed by atoms with Gasteiger partial charge in [0.15, 0.2) is 16.7 Å². The Morgan fingerprint density at radius 1 is 0.971 bits per heavy atom. The maximum absolute atomic E-state index is 12.8. The molecule has 0 unspecified atom stereocenters. The molecule has 1 aliphatic heterocycles. The molecule has 0 bridgehead atoms. The topological polar surface area (TPSA) is 81.5 Å². The van der Waals surface area contributed by atoms with E-state index in [1.165, 1.54) is 30.2 Å². The largest absolute Gasteiger partial charge is 0.490 e. The fraction of sp³-hybridized carbons (Fsp3) is 0.423. The lowest BCUT2D eigenvalue weighted by Crippen LogP contribution is -2.22. The Morgan fingerprint density at radius 2 is 1.71 bits per heavy atom. The maximum atomic E-state index is 12.8. The highest BCUT2D eigenvalue weighted by atomic mass is 32.2. The summed E-state index contributed by atoms with van der Waals surface area (Å²) in [4.78, 5) is 15.2. The highest BCUT2D eigenvalue weighted by molar-refractivity contribution is 7.99. The molecule has 4 rings (SSSR count). The molecule has 8 nitrogen and oxygen atoms in total. The number of aromatic nitrogens is 3. The van der Waals surface area contributed by atoms with Crippen molar-refractivity contribution in [2.45, 2.75) is 44.9 Å². The van der Waals surface area contributed by atoms with Crippen LogP contribution in [0.15, 0.2) is 53.7 Å². The van der Waals surface area contributed by atoms with Gasteiger partial charge in [-0.3, -0.25) is 9.69 Å². The van der Waals surface area contributed by atoms with E-state index >= 15 is 0 Å². The van der Waals surface area contributed by atoms with Crippen LogP contribution in [0.4, 0.5) is 5.69 Å². The van der Waals surface area contributed by atoms with Crippen molar-refractivity contribution < 1.29 is 14.3 Å². The van der Waals surface area contributed by atoms with E-state index in [1.54, 1.807) is 6.07 Å². The van der Waals surface area contributed by atoms with Crippen molar-refractivity contribution in [1.29, 1.82) is 0 Å². The SMILES string of the molecule is CCOc1ccc(NC(=O)CSc2nnc(CN3CCCC3)n2Cc2ccccc2)cc1OCC. The summed E-state index contributed by atoms with van der Waals surface area (Å²) in [6.07, 6.45) is 2.45. The quantitative estimate of drug-likeness (QED) is 0.372. The van der Waals surface area contributed by atoms with Gasteiger partial charge in [-0.1, -0.05) is 42.1 Å². The molecule has 0 saturated carbocycles. The van der Waals surface area contributed by atoms with Crippen molar-refractivity contribution in [2.24, 2.45) is 0 Å². The first-order valence-electron chi connectivity index (χ1n) is 12.2. The van der Waals surface area contributed by atoms with Crippen LogP contribution in [-0.4, -0.2) is 57.6 Å². The molecule has 3 aromatic rings. The number of carbonyl (C=O) groups is 1. The minimum Gasteiger partial charge on any atom is -0.490 e. The third-order valence-corrected chi connectivity index (χ3v) is 6.67. The van der Waals surface area contributed by atoms with Crippen molar-refractivity contribution in [3.63, 3.8) is 0 Å². The molecule has 1 N–H and O–H groups in total. The number of hydrogen-bond acceptors (Lipinski definition) is 7. The van der Waals surface area contributed by atoms with Crippen LogP contribution >= 0.6 is 11.8 Å². The monoisotopic (exact) mass is 495 g/mol. The molecular formula is C26H33N5O3S. The number of anilines is 1. The van der Waals surface area contributed by atoms with E-state index < -0.39 is 0 Å². The molecule has 35 heavy (non-hydrogen) atoms. The summed E-state index contributed by atoms with van der Waals surface area (Å²) in [6, 6.07) is 15.7. The number of rotatable bonds is 12. The minimum absolute atomic E-state index is 0.114. The zero-order valence-electron chi connectivity index (χ0n) is 20.4. The first kappa shape index (κ1) is 25.1. The van der Waals surface area contributed by atoms with Gasteiger partial charge in [-0.15, -0.1) is 10.2 Å². The second kappa shape index (κ2) is 12.6. The van der Waals surface area contributed by atoms with E-state index in [0.717, 1.165) is 30.6 Å². The number of thioether (sulfide) groups is 1. The fourth-order valence-electron chi connectivity index (χ4n) is 4.06. The molecule has 0 spiro atoms. The molecule has 0 aliphatic carbocycles. The molecule has 0 atom stereocenters. The molecule has 2 aromatic carbocycles. The zero-order valence-corrected chi connectivity index (χ0v) is 21.2. The van der Waals surface area contributed by atoms with Crippen LogP contribution < -0.4 is 14.8 Å². The van der Waals surface area contributed by atoms with Crippen molar-refractivity contribution in [3.05, 3.63) is 59.9 Å². The smallest absolute Gasteiger partial charge is 0.234 e. The summed E-state index contributed by atoms with van der Waals surface area (Å²) in [5, 5.41) is 12.6. The fourth-order valence-corrected chi connectivity index (χ4v) is 4.82. The van der Waals surface area contributed by atoms with E-state index in [1.807, 2.05) is 44.2 Å². The predicted octanol–water partition coefficient (Wildman–Crippen LogP) is 4.45. The van der Waals surface area contributed by atoms with Crippen molar-refractivity contribution in [2.75, 3.05) is 37.4 Å². The summed E-state index contributed by atoms with van der Waals surface area (Å²) in [5.41, 5.74) is 1.85. The first-order chi connectivity index (χ1) is 17.2. The third-order valence-electron chi connectivity index (χ3n) is 5.70. The number of amides is 1. The molecular weight excluding hydrogens is 462 g/mol. The second-order valence-electron chi connectivity index (χ2n) is 8.32. The summed E-state index contributed by atoms with van der Waals surface area (Å²) < 4.78 is 13.4. The Kier molecular flexibility index (Phi) is 9.02. The van der Waals surface area contributed by atoms with Crippen LogP contribution in [0, 0.1) is 0 Å². The summed E-state index contributed by atoms with van der Waals surface area (Å²) in [5.74, 6) is 2.34. The lowest BCUT2D eigenvalue weighted by molar-refractivity contribution is -0.113. The van der Waals surface area contributed by atoms with Crippen LogP contribution in [0.3, 0.4) is 0 Å². The van der Waals surface area contributed by atoms with E-state index in [-0.39, 0.29) is 11.7 Å². The average Bonchev–Trinajstić information content (AvgIpc) is 3.51. The van der Waals surface area contributed by atoms with Gasteiger partial charge in [-0.05, 0) is 57.5 Å². The van der Waals surface area contributed by atoms with Gasteiger partial charge >= 0.3 is 0 Å². The van der Waals surface area contributed by atoms with Crippen molar-refractivity contribution in [3.8, 4) is 11.5 Å². The number of nitrogens with one attached hydrogen (secondary N) is 1. The lowest BCUT2D eigenvalue weighted by atomic mass is 10.2. The minimum atomic E-state index is -0.114. The first-order valence-corrected chi connectivity index (χ1v) is 13.2. The standard InChI is InChI=1S/C26H33N5O3S/c1-3-33-22-13-12-21(16-23(22)34-4-2)27-25(32)19-35-26-29-28-24(18-30-14-8-9-15-30)31(26)17-20-10-6-5-7-11-20/h5-7,10-13,16H,3-4,8-9,14-15,17-19H2,1-2H3,(H,27,32). The Morgan fingerprint density at radius 3 is 2.46 bits per heavy atom.